The Balaban J connectivity index is 1.47. The van der Waals surface area contributed by atoms with Crippen LogP contribution in [-0.2, 0) is 11.4 Å². The van der Waals surface area contributed by atoms with Crippen molar-refractivity contribution in [3.63, 3.8) is 0 Å². The smallest absolute Gasteiger partial charge is 0.264 e. The average Bonchev–Trinajstić information content (AvgIpc) is 3.19. The zero-order valence-corrected chi connectivity index (χ0v) is 21.0. The average molecular weight is 509 g/mol. The van der Waals surface area contributed by atoms with Gasteiger partial charge in [-0.05, 0) is 91.3 Å². The van der Waals surface area contributed by atoms with E-state index in [0.29, 0.717) is 46.4 Å². The normalized spacial score (nSPS) is 15.3. The molecule has 1 amide bonds. The summed E-state index contributed by atoms with van der Waals surface area (Å²) in [7, 11) is 0. The first-order chi connectivity index (χ1) is 17.0. The van der Waals surface area contributed by atoms with Crippen LogP contribution in [0.2, 0.25) is 5.02 Å². The Bertz CT molecular complexity index is 1240. The minimum absolute atomic E-state index is 0.194. The van der Waals surface area contributed by atoms with E-state index in [4.69, 9.17) is 25.8 Å². The van der Waals surface area contributed by atoms with Gasteiger partial charge in [-0.2, -0.15) is 0 Å². The molecular weight excluding hydrogens is 484 g/mol. The molecule has 0 radical (unpaired) electrons. The predicted octanol–water partition coefficient (Wildman–Crippen LogP) is 6.61. The number of thioether (sulfide) groups is 1. The fraction of sp³-hybridized carbons (Fsp3) is 0.185. The molecule has 1 aliphatic heterocycles. The second-order valence-corrected chi connectivity index (χ2v) is 8.93. The molecule has 180 valence electrons. The van der Waals surface area contributed by atoms with Crippen molar-refractivity contribution < 1.29 is 19.0 Å². The van der Waals surface area contributed by atoms with Gasteiger partial charge in [0.2, 0.25) is 0 Å². The first kappa shape index (κ1) is 24.7. The van der Waals surface area contributed by atoms with Crippen LogP contribution in [0.15, 0.2) is 76.6 Å². The fourth-order valence-electron chi connectivity index (χ4n) is 3.28. The van der Waals surface area contributed by atoms with Crippen LogP contribution >= 0.6 is 23.4 Å². The Hall–Kier alpha value is -3.42. The molecule has 1 N–H and O–H groups in total. The number of hydrogen-bond acceptors (Lipinski definition) is 6. The van der Waals surface area contributed by atoms with Crippen molar-refractivity contribution in [2.75, 3.05) is 13.2 Å². The van der Waals surface area contributed by atoms with Crippen LogP contribution in [0.25, 0.3) is 6.08 Å². The van der Waals surface area contributed by atoms with Crippen molar-refractivity contribution in [3.05, 3.63) is 87.8 Å². The van der Waals surface area contributed by atoms with E-state index in [1.165, 1.54) is 11.8 Å². The van der Waals surface area contributed by atoms with E-state index in [2.05, 4.69) is 10.3 Å². The summed E-state index contributed by atoms with van der Waals surface area (Å²) in [6, 6.07) is 20.5. The Morgan fingerprint density at radius 2 is 1.66 bits per heavy atom. The van der Waals surface area contributed by atoms with Crippen LogP contribution in [0.5, 0.6) is 17.2 Å². The number of halogens is 1. The number of amidine groups is 1. The van der Waals surface area contributed by atoms with Crippen LogP contribution < -0.4 is 19.5 Å². The lowest BCUT2D eigenvalue weighted by molar-refractivity contribution is -0.115. The number of amides is 1. The van der Waals surface area contributed by atoms with Gasteiger partial charge in [-0.15, -0.1) is 0 Å². The molecule has 0 saturated carbocycles. The third-order valence-corrected chi connectivity index (χ3v) is 6.06. The molecule has 0 aliphatic carbocycles. The molecule has 8 heteroatoms. The van der Waals surface area contributed by atoms with Crippen molar-refractivity contribution in [1.29, 1.82) is 0 Å². The molecule has 1 heterocycles. The summed E-state index contributed by atoms with van der Waals surface area (Å²) in [6.45, 7) is 5.34. The number of rotatable bonds is 9. The molecule has 1 aliphatic rings. The summed E-state index contributed by atoms with van der Waals surface area (Å²) in [5.74, 6) is 1.83. The van der Waals surface area contributed by atoms with Gasteiger partial charge in [0.25, 0.3) is 5.91 Å². The number of nitrogens with zero attached hydrogens (tertiary/aromatic N) is 1. The first-order valence-electron chi connectivity index (χ1n) is 11.2. The molecule has 0 aromatic heterocycles. The number of nitrogens with one attached hydrogen (secondary N) is 1. The highest BCUT2D eigenvalue weighted by molar-refractivity contribution is 8.18. The molecule has 3 aromatic rings. The SMILES string of the molecule is CCOc1ccc(N=C2NC(=O)/C(=C/c3ccc(OCc4ccc(Cl)cc4)c(OCC)c3)S2)cc1. The number of ether oxygens (including phenoxy) is 3. The molecule has 4 rings (SSSR count). The van der Waals surface area contributed by atoms with Crippen LogP contribution in [0.1, 0.15) is 25.0 Å². The molecule has 3 aromatic carbocycles. The van der Waals surface area contributed by atoms with E-state index < -0.39 is 0 Å². The summed E-state index contributed by atoms with van der Waals surface area (Å²) in [5.41, 5.74) is 2.56. The summed E-state index contributed by atoms with van der Waals surface area (Å²) in [6.07, 6.45) is 1.81. The lowest BCUT2D eigenvalue weighted by Crippen LogP contribution is -2.19. The quantitative estimate of drug-likeness (QED) is 0.329. The second-order valence-electron chi connectivity index (χ2n) is 7.46. The fourth-order valence-corrected chi connectivity index (χ4v) is 4.24. The highest BCUT2D eigenvalue weighted by Gasteiger charge is 2.24. The lowest BCUT2D eigenvalue weighted by atomic mass is 10.2. The predicted molar refractivity (Wildman–Crippen MR) is 142 cm³/mol. The molecule has 1 fully saturated rings. The van der Waals surface area contributed by atoms with Crippen molar-refractivity contribution in [1.82, 2.24) is 5.32 Å². The summed E-state index contributed by atoms with van der Waals surface area (Å²) in [4.78, 5) is 17.6. The molecule has 0 unspecified atom stereocenters. The van der Waals surface area contributed by atoms with Crippen molar-refractivity contribution in [2.45, 2.75) is 20.5 Å². The number of aliphatic imine (C=N–C) groups is 1. The Labute approximate surface area is 214 Å². The Morgan fingerprint density at radius 1 is 0.914 bits per heavy atom. The van der Waals surface area contributed by atoms with Gasteiger partial charge >= 0.3 is 0 Å². The standard InChI is InChI=1S/C27H25ClN2O4S/c1-3-32-22-12-10-21(11-13-22)29-27-30-26(31)25(35-27)16-19-7-14-23(24(15-19)33-4-2)34-17-18-5-8-20(28)9-6-18/h5-16H,3-4,17H2,1-2H3,(H,29,30,31)/b25-16-. The molecule has 6 nitrogen and oxygen atoms in total. The minimum Gasteiger partial charge on any atom is -0.494 e. The largest absolute Gasteiger partial charge is 0.494 e. The molecule has 0 spiro atoms. The third-order valence-electron chi connectivity index (χ3n) is 4.90. The van der Waals surface area contributed by atoms with Crippen LogP contribution in [0.4, 0.5) is 5.69 Å². The lowest BCUT2D eigenvalue weighted by Gasteiger charge is -2.13. The van der Waals surface area contributed by atoms with E-state index in [1.807, 2.05) is 86.7 Å². The molecule has 1 saturated heterocycles. The van der Waals surface area contributed by atoms with Crippen molar-refractivity contribution in [2.24, 2.45) is 4.99 Å². The third kappa shape index (κ3) is 6.81. The molecule has 0 bridgehead atoms. The van der Waals surface area contributed by atoms with Crippen molar-refractivity contribution in [3.8, 4) is 17.2 Å². The van der Waals surface area contributed by atoms with E-state index in [9.17, 15) is 4.79 Å². The zero-order chi connectivity index (χ0) is 24.6. The van der Waals surface area contributed by atoms with Gasteiger partial charge in [0.15, 0.2) is 16.7 Å². The van der Waals surface area contributed by atoms with Gasteiger partial charge in [-0.3, -0.25) is 4.79 Å². The monoisotopic (exact) mass is 508 g/mol. The number of benzene rings is 3. The van der Waals surface area contributed by atoms with E-state index >= 15 is 0 Å². The summed E-state index contributed by atoms with van der Waals surface area (Å²) in [5, 5.41) is 4.02. The maximum Gasteiger partial charge on any atom is 0.264 e. The van der Waals surface area contributed by atoms with Crippen LogP contribution in [-0.4, -0.2) is 24.3 Å². The van der Waals surface area contributed by atoms with Crippen LogP contribution in [0, 0.1) is 0 Å². The van der Waals surface area contributed by atoms with Gasteiger partial charge in [0.05, 0.1) is 23.8 Å². The van der Waals surface area contributed by atoms with E-state index in [0.717, 1.165) is 22.6 Å². The zero-order valence-electron chi connectivity index (χ0n) is 19.4. The Morgan fingerprint density at radius 3 is 2.37 bits per heavy atom. The van der Waals surface area contributed by atoms with E-state index in [1.54, 1.807) is 0 Å². The maximum atomic E-state index is 12.5. The van der Waals surface area contributed by atoms with Crippen molar-refractivity contribution >= 4 is 46.2 Å². The Kier molecular flexibility index (Phi) is 8.34. The van der Waals surface area contributed by atoms with Gasteiger partial charge in [-0.25, -0.2) is 4.99 Å². The number of carbonyl (C=O) groups is 1. The molecular formula is C27H25ClN2O4S. The topological polar surface area (TPSA) is 69.2 Å². The second kappa shape index (κ2) is 11.8. The van der Waals surface area contributed by atoms with Crippen LogP contribution in [0.3, 0.4) is 0 Å². The highest BCUT2D eigenvalue weighted by atomic mass is 35.5. The van der Waals surface area contributed by atoms with Gasteiger partial charge in [-0.1, -0.05) is 29.8 Å². The highest BCUT2D eigenvalue weighted by Crippen LogP contribution is 2.33. The first-order valence-corrected chi connectivity index (χ1v) is 12.4. The van der Waals surface area contributed by atoms with Gasteiger partial charge < -0.3 is 19.5 Å². The number of carbonyl (C=O) groups excluding carboxylic acids is 1. The molecule has 35 heavy (non-hydrogen) atoms. The summed E-state index contributed by atoms with van der Waals surface area (Å²) >= 11 is 7.24. The van der Waals surface area contributed by atoms with E-state index in [-0.39, 0.29) is 5.91 Å². The van der Waals surface area contributed by atoms with Gasteiger partial charge in [0, 0.05) is 5.02 Å². The van der Waals surface area contributed by atoms with Gasteiger partial charge in [0.1, 0.15) is 12.4 Å². The minimum atomic E-state index is -0.194. The number of hydrogen-bond donors (Lipinski definition) is 1. The summed E-state index contributed by atoms with van der Waals surface area (Å²) < 4.78 is 17.2. The maximum absolute atomic E-state index is 12.5. The molecule has 0 atom stereocenters.